The summed E-state index contributed by atoms with van der Waals surface area (Å²) in [4.78, 5) is 49.7. The zero-order valence-corrected chi connectivity index (χ0v) is 17.1. The summed E-state index contributed by atoms with van der Waals surface area (Å²) in [7, 11) is 0. The van der Waals surface area contributed by atoms with Crippen molar-refractivity contribution in [3.8, 4) is 0 Å². The third kappa shape index (κ3) is 5.13. The Kier molecular flexibility index (Phi) is 6.61. The summed E-state index contributed by atoms with van der Waals surface area (Å²) in [5.41, 5.74) is 0.691. The fraction of sp³-hybridized carbons (Fsp3) is 0.273. The fourth-order valence-corrected chi connectivity index (χ4v) is 3.20. The molecule has 0 atom stereocenters. The molecule has 2 aromatic rings. The van der Waals surface area contributed by atoms with Crippen molar-refractivity contribution < 1.29 is 32.3 Å². The Labute approximate surface area is 181 Å². The highest BCUT2D eigenvalue weighted by molar-refractivity contribution is 6.21. The number of carbonyl (C=O) groups excluding carboxylic acids is 4. The van der Waals surface area contributed by atoms with Crippen molar-refractivity contribution in [1.29, 1.82) is 0 Å². The van der Waals surface area contributed by atoms with Crippen LogP contribution in [-0.2, 0) is 11.0 Å². The van der Waals surface area contributed by atoms with E-state index in [0.29, 0.717) is 11.1 Å². The molecule has 3 rings (SSSR count). The van der Waals surface area contributed by atoms with E-state index in [2.05, 4.69) is 10.6 Å². The average Bonchev–Trinajstić information content (AvgIpc) is 2.98. The molecule has 4 amide bonds. The van der Waals surface area contributed by atoms with Crippen LogP contribution in [0.4, 0.5) is 13.2 Å². The fourth-order valence-electron chi connectivity index (χ4n) is 3.20. The molecular weight excluding hydrogens is 427 g/mol. The number of nitrogens with one attached hydrogen (secondary N) is 2. The standard InChI is InChI=1S/C22H20F3N3O4/c1-13-2-7-16-17(12-13)21(32)28(20(16)31)11-8-18(29)26-9-10-27-19(30)14-3-5-15(6-4-14)22(23,24)25/h2-7,12H,8-11H2,1H3,(H,26,29)(H,27,30). The zero-order valence-electron chi connectivity index (χ0n) is 17.1. The lowest BCUT2D eigenvalue weighted by Gasteiger charge is -2.13. The van der Waals surface area contributed by atoms with Crippen LogP contribution in [0.15, 0.2) is 42.5 Å². The van der Waals surface area contributed by atoms with E-state index in [0.717, 1.165) is 34.7 Å². The number of imide groups is 1. The van der Waals surface area contributed by atoms with Gasteiger partial charge in [-0.1, -0.05) is 11.6 Å². The van der Waals surface area contributed by atoms with E-state index in [1.54, 1.807) is 18.2 Å². The quantitative estimate of drug-likeness (QED) is 0.504. The average molecular weight is 447 g/mol. The maximum atomic E-state index is 12.6. The highest BCUT2D eigenvalue weighted by atomic mass is 19.4. The number of rotatable bonds is 7. The summed E-state index contributed by atoms with van der Waals surface area (Å²) in [5.74, 6) is -1.87. The van der Waals surface area contributed by atoms with Crippen molar-refractivity contribution in [3.63, 3.8) is 0 Å². The molecule has 0 unspecified atom stereocenters. The van der Waals surface area contributed by atoms with Gasteiger partial charge >= 0.3 is 6.18 Å². The van der Waals surface area contributed by atoms with Crippen molar-refractivity contribution in [2.24, 2.45) is 0 Å². The van der Waals surface area contributed by atoms with Crippen molar-refractivity contribution in [2.45, 2.75) is 19.5 Å². The molecule has 0 saturated heterocycles. The topological polar surface area (TPSA) is 95.6 Å². The molecule has 2 aromatic carbocycles. The Morgan fingerprint density at radius 2 is 1.53 bits per heavy atom. The Morgan fingerprint density at radius 1 is 0.906 bits per heavy atom. The smallest absolute Gasteiger partial charge is 0.354 e. The van der Waals surface area contributed by atoms with Gasteiger partial charge in [0, 0.05) is 31.6 Å². The van der Waals surface area contributed by atoms with Crippen LogP contribution < -0.4 is 10.6 Å². The molecular formula is C22H20F3N3O4. The zero-order chi connectivity index (χ0) is 23.5. The monoisotopic (exact) mass is 447 g/mol. The van der Waals surface area contributed by atoms with Gasteiger partial charge in [0.05, 0.1) is 16.7 Å². The van der Waals surface area contributed by atoms with E-state index in [9.17, 15) is 32.3 Å². The summed E-state index contributed by atoms with van der Waals surface area (Å²) >= 11 is 0. The summed E-state index contributed by atoms with van der Waals surface area (Å²) in [5, 5.41) is 5.04. The van der Waals surface area contributed by atoms with Crippen LogP contribution >= 0.6 is 0 Å². The summed E-state index contributed by atoms with van der Waals surface area (Å²) < 4.78 is 37.7. The number of nitrogens with zero attached hydrogens (tertiary/aromatic N) is 1. The molecule has 0 radical (unpaired) electrons. The lowest BCUT2D eigenvalue weighted by atomic mass is 10.1. The third-order valence-corrected chi connectivity index (χ3v) is 4.90. The SMILES string of the molecule is Cc1ccc2c(c1)C(=O)N(CCC(=O)NCCNC(=O)c1ccc(C(F)(F)F)cc1)C2=O. The van der Waals surface area contributed by atoms with Gasteiger partial charge in [0.1, 0.15) is 0 Å². The predicted octanol–water partition coefficient (Wildman–Crippen LogP) is 2.55. The van der Waals surface area contributed by atoms with Crippen LogP contribution in [0.1, 0.15) is 48.6 Å². The Bertz CT molecular complexity index is 1070. The number of halogens is 3. The summed E-state index contributed by atoms with van der Waals surface area (Å²) in [6.07, 6.45) is -4.58. The number of hydrogen-bond donors (Lipinski definition) is 2. The van der Waals surface area contributed by atoms with Crippen molar-refractivity contribution in [1.82, 2.24) is 15.5 Å². The van der Waals surface area contributed by atoms with Gasteiger partial charge in [-0.3, -0.25) is 24.1 Å². The highest BCUT2D eigenvalue weighted by Gasteiger charge is 2.35. The maximum Gasteiger partial charge on any atom is 0.416 e. The third-order valence-electron chi connectivity index (χ3n) is 4.90. The predicted molar refractivity (Wildman–Crippen MR) is 108 cm³/mol. The molecule has 0 aromatic heterocycles. The molecule has 1 aliphatic rings. The van der Waals surface area contributed by atoms with E-state index in [4.69, 9.17) is 0 Å². The number of hydrogen-bond acceptors (Lipinski definition) is 4. The lowest BCUT2D eigenvalue weighted by Crippen LogP contribution is -2.37. The molecule has 7 nitrogen and oxygen atoms in total. The summed E-state index contributed by atoms with van der Waals surface area (Å²) in [6.45, 7) is 1.87. The first-order valence-corrected chi connectivity index (χ1v) is 9.77. The van der Waals surface area contributed by atoms with Gasteiger partial charge < -0.3 is 10.6 Å². The molecule has 32 heavy (non-hydrogen) atoms. The van der Waals surface area contributed by atoms with Gasteiger partial charge in [-0.2, -0.15) is 13.2 Å². The molecule has 0 aliphatic carbocycles. The molecule has 0 spiro atoms. The lowest BCUT2D eigenvalue weighted by molar-refractivity contribution is -0.137. The normalized spacial score (nSPS) is 13.2. The van der Waals surface area contributed by atoms with Gasteiger partial charge in [0.2, 0.25) is 5.91 Å². The van der Waals surface area contributed by atoms with E-state index in [1.165, 1.54) is 0 Å². The van der Waals surface area contributed by atoms with Gasteiger partial charge in [-0.25, -0.2) is 0 Å². The van der Waals surface area contributed by atoms with Crippen LogP contribution in [0, 0.1) is 6.92 Å². The summed E-state index contributed by atoms with van der Waals surface area (Å²) in [6, 6.07) is 8.73. The minimum atomic E-state index is -4.48. The molecule has 0 saturated carbocycles. The van der Waals surface area contributed by atoms with Crippen LogP contribution in [0.3, 0.4) is 0 Å². The number of alkyl halides is 3. The van der Waals surface area contributed by atoms with Gasteiger partial charge in [-0.15, -0.1) is 0 Å². The highest BCUT2D eigenvalue weighted by Crippen LogP contribution is 2.29. The Balaban J connectivity index is 1.40. The van der Waals surface area contributed by atoms with Crippen molar-refractivity contribution in [3.05, 3.63) is 70.3 Å². The van der Waals surface area contributed by atoms with Crippen LogP contribution in [0.2, 0.25) is 0 Å². The number of aryl methyl sites for hydroxylation is 1. The van der Waals surface area contributed by atoms with Crippen LogP contribution in [0.5, 0.6) is 0 Å². The number of amides is 4. The molecule has 10 heteroatoms. The number of fused-ring (bicyclic) bond motifs is 1. The minimum Gasteiger partial charge on any atom is -0.354 e. The van der Waals surface area contributed by atoms with Crippen LogP contribution in [-0.4, -0.2) is 48.2 Å². The van der Waals surface area contributed by atoms with Gasteiger partial charge in [0.25, 0.3) is 17.7 Å². The van der Waals surface area contributed by atoms with Gasteiger partial charge in [0.15, 0.2) is 0 Å². The van der Waals surface area contributed by atoms with E-state index >= 15 is 0 Å². The number of benzene rings is 2. The van der Waals surface area contributed by atoms with E-state index in [1.807, 2.05) is 6.92 Å². The first-order chi connectivity index (χ1) is 15.1. The molecule has 1 aliphatic heterocycles. The molecule has 1 heterocycles. The molecule has 0 bridgehead atoms. The molecule has 2 N–H and O–H groups in total. The number of carbonyl (C=O) groups is 4. The first-order valence-electron chi connectivity index (χ1n) is 9.77. The maximum absolute atomic E-state index is 12.6. The molecule has 0 fully saturated rings. The second-order valence-corrected chi connectivity index (χ2v) is 7.24. The second-order valence-electron chi connectivity index (χ2n) is 7.24. The minimum absolute atomic E-state index is 0.0535. The first kappa shape index (κ1) is 23.0. The van der Waals surface area contributed by atoms with Crippen molar-refractivity contribution in [2.75, 3.05) is 19.6 Å². The molecule has 168 valence electrons. The van der Waals surface area contributed by atoms with E-state index in [-0.39, 0.29) is 31.6 Å². The van der Waals surface area contributed by atoms with Crippen LogP contribution in [0.25, 0.3) is 0 Å². The Hall–Kier alpha value is -3.69. The largest absolute Gasteiger partial charge is 0.416 e. The second kappa shape index (κ2) is 9.21. The Morgan fingerprint density at radius 3 is 2.19 bits per heavy atom. The van der Waals surface area contributed by atoms with E-state index < -0.39 is 35.4 Å². The van der Waals surface area contributed by atoms with Crippen molar-refractivity contribution >= 4 is 23.6 Å². The van der Waals surface area contributed by atoms with Gasteiger partial charge in [-0.05, 0) is 43.3 Å².